The number of rotatable bonds is 5. The molecule has 0 spiro atoms. The number of nitrogens with zero attached hydrogens (tertiary/aromatic N) is 1. The fourth-order valence-electron chi connectivity index (χ4n) is 4.07. The van der Waals surface area contributed by atoms with Crippen molar-refractivity contribution in [2.24, 2.45) is 5.92 Å². The molecular formula is C25H23ClFNO5. The molecule has 1 saturated heterocycles. The first-order valence-corrected chi connectivity index (χ1v) is 11.2. The highest BCUT2D eigenvalue weighted by atomic mass is 35.5. The predicted octanol–water partition coefficient (Wildman–Crippen LogP) is 4.74. The van der Waals surface area contributed by atoms with E-state index in [4.69, 9.17) is 20.8 Å². The molecule has 3 aromatic rings. The quantitative estimate of drug-likeness (QED) is 0.396. The van der Waals surface area contributed by atoms with Gasteiger partial charge in [-0.2, -0.15) is 0 Å². The lowest BCUT2D eigenvalue weighted by Crippen LogP contribution is -2.42. The summed E-state index contributed by atoms with van der Waals surface area (Å²) in [5.74, 6) is -1.59. The predicted molar refractivity (Wildman–Crippen MR) is 122 cm³/mol. The molecule has 6 nitrogen and oxygen atoms in total. The molecule has 172 valence electrons. The van der Waals surface area contributed by atoms with Crippen LogP contribution in [0.5, 0.6) is 0 Å². The summed E-state index contributed by atoms with van der Waals surface area (Å²) < 4.78 is 24.0. The van der Waals surface area contributed by atoms with Crippen LogP contribution in [-0.4, -0.2) is 29.9 Å². The Morgan fingerprint density at radius 1 is 1.18 bits per heavy atom. The summed E-state index contributed by atoms with van der Waals surface area (Å²) in [5.41, 5.74) is 1.59. The number of hydrogen-bond donors (Lipinski definition) is 0. The van der Waals surface area contributed by atoms with E-state index in [0.717, 1.165) is 5.56 Å². The van der Waals surface area contributed by atoms with E-state index in [1.807, 2.05) is 6.92 Å². The van der Waals surface area contributed by atoms with Crippen molar-refractivity contribution in [2.45, 2.75) is 32.8 Å². The number of amides is 1. The van der Waals surface area contributed by atoms with E-state index < -0.39 is 23.3 Å². The molecular weight excluding hydrogens is 449 g/mol. The number of halogens is 2. The van der Waals surface area contributed by atoms with Crippen molar-refractivity contribution in [3.63, 3.8) is 0 Å². The minimum Gasteiger partial charge on any atom is -0.461 e. The van der Waals surface area contributed by atoms with E-state index in [9.17, 15) is 18.8 Å². The molecule has 2 heterocycles. The molecule has 1 unspecified atom stereocenters. The van der Waals surface area contributed by atoms with Gasteiger partial charge in [0.05, 0.1) is 5.92 Å². The summed E-state index contributed by atoms with van der Waals surface area (Å²) >= 11 is 6.32. The molecule has 1 aliphatic heterocycles. The second-order valence-electron chi connectivity index (χ2n) is 8.09. The normalized spacial score (nSPS) is 16.1. The first-order valence-electron chi connectivity index (χ1n) is 10.8. The van der Waals surface area contributed by atoms with E-state index in [-0.39, 0.29) is 19.1 Å². The molecule has 2 aromatic carbocycles. The number of fused-ring (bicyclic) bond motifs is 1. The first-order chi connectivity index (χ1) is 15.9. The number of esters is 1. The highest BCUT2D eigenvalue weighted by Gasteiger charge is 2.30. The van der Waals surface area contributed by atoms with Gasteiger partial charge in [-0.1, -0.05) is 18.5 Å². The number of piperidine rings is 1. The van der Waals surface area contributed by atoms with Crippen molar-refractivity contribution >= 4 is 34.4 Å². The molecule has 0 aliphatic carbocycles. The van der Waals surface area contributed by atoms with Crippen LogP contribution >= 0.6 is 11.6 Å². The number of aryl methyl sites for hydroxylation is 1. The van der Waals surface area contributed by atoms with Gasteiger partial charge in [0.25, 0.3) is 5.91 Å². The van der Waals surface area contributed by atoms with Crippen molar-refractivity contribution < 1.29 is 23.1 Å². The molecule has 0 radical (unpaired) electrons. The van der Waals surface area contributed by atoms with Crippen molar-refractivity contribution in [2.75, 3.05) is 13.1 Å². The van der Waals surface area contributed by atoms with Crippen LogP contribution < -0.4 is 5.63 Å². The molecule has 4 rings (SSSR count). The van der Waals surface area contributed by atoms with Crippen LogP contribution in [0.1, 0.15) is 41.3 Å². The zero-order valence-corrected chi connectivity index (χ0v) is 18.9. The highest BCUT2D eigenvalue weighted by Crippen LogP contribution is 2.27. The number of likely N-dealkylation sites (tertiary alicyclic amines) is 1. The molecule has 1 amide bonds. The maximum absolute atomic E-state index is 13.1. The smallest absolute Gasteiger partial charge is 0.336 e. The van der Waals surface area contributed by atoms with E-state index in [1.54, 1.807) is 17.0 Å². The van der Waals surface area contributed by atoms with Crippen molar-refractivity contribution in [3.8, 4) is 0 Å². The SMILES string of the molecule is CCc1cc2oc(=O)cc(COC(=O)C3CCCN(C(=O)c4ccc(F)cc4)C3)c2cc1Cl. The Balaban J connectivity index is 1.46. The number of carbonyl (C=O) groups is 2. The second-order valence-corrected chi connectivity index (χ2v) is 8.50. The van der Waals surface area contributed by atoms with E-state index in [0.29, 0.717) is 52.9 Å². The van der Waals surface area contributed by atoms with Gasteiger partial charge in [-0.15, -0.1) is 0 Å². The minimum atomic E-state index is -0.535. The lowest BCUT2D eigenvalue weighted by Gasteiger charge is -2.31. The van der Waals surface area contributed by atoms with Crippen LogP contribution in [0, 0.1) is 11.7 Å². The lowest BCUT2D eigenvalue weighted by atomic mass is 9.97. The van der Waals surface area contributed by atoms with E-state index in [2.05, 4.69) is 0 Å². The Hall–Kier alpha value is -3.19. The van der Waals surface area contributed by atoms with Gasteiger partial charge in [-0.05, 0) is 61.2 Å². The number of ether oxygens (including phenoxy) is 1. The minimum absolute atomic E-state index is 0.106. The number of hydrogen-bond acceptors (Lipinski definition) is 5. The summed E-state index contributed by atoms with van der Waals surface area (Å²) in [6.07, 6.45) is 1.93. The van der Waals surface area contributed by atoms with Crippen LogP contribution in [0.15, 0.2) is 51.7 Å². The molecule has 1 fully saturated rings. The van der Waals surface area contributed by atoms with Crippen LogP contribution in [0.25, 0.3) is 11.0 Å². The molecule has 0 N–H and O–H groups in total. The Bertz CT molecular complexity index is 1250. The van der Waals surface area contributed by atoms with Crippen LogP contribution in [-0.2, 0) is 22.6 Å². The van der Waals surface area contributed by atoms with Gasteiger partial charge in [0.15, 0.2) is 0 Å². The third-order valence-corrected chi connectivity index (χ3v) is 6.23. The van der Waals surface area contributed by atoms with Crippen LogP contribution in [0.3, 0.4) is 0 Å². The average molecular weight is 472 g/mol. The van der Waals surface area contributed by atoms with Gasteiger partial charge in [0, 0.05) is 40.7 Å². The molecule has 0 saturated carbocycles. The largest absolute Gasteiger partial charge is 0.461 e. The summed E-state index contributed by atoms with van der Waals surface area (Å²) in [4.78, 5) is 39.1. The standard InChI is InChI=1S/C25H23ClFNO5/c1-2-15-10-22-20(12-21(15)26)18(11-23(29)33-22)14-32-25(31)17-4-3-9-28(13-17)24(30)16-5-7-19(27)8-6-16/h5-8,10-12,17H,2-4,9,13-14H2,1H3. The maximum Gasteiger partial charge on any atom is 0.336 e. The summed E-state index contributed by atoms with van der Waals surface area (Å²) in [7, 11) is 0. The lowest BCUT2D eigenvalue weighted by molar-refractivity contribution is -0.151. The van der Waals surface area contributed by atoms with Gasteiger partial charge >= 0.3 is 11.6 Å². The summed E-state index contributed by atoms with van der Waals surface area (Å²) in [6.45, 7) is 2.58. The van der Waals surface area contributed by atoms with Gasteiger partial charge in [0.2, 0.25) is 0 Å². The second kappa shape index (κ2) is 9.75. The van der Waals surface area contributed by atoms with Crippen molar-refractivity contribution in [1.29, 1.82) is 0 Å². The van der Waals surface area contributed by atoms with Gasteiger partial charge < -0.3 is 14.1 Å². The molecule has 1 atom stereocenters. The highest BCUT2D eigenvalue weighted by molar-refractivity contribution is 6.32. The Kier molecular flexibility index (Phi) is 6.79. The van der Waals surface area contributed by atoms with Crippen molar-refractivity contribution in [3.05, 3.63) is 80.4 Å². The van der Waals surface area contributed by atoms with Gasteiger partial charge in [-0.3, -0.25) is 9.59 Å². The number of benzene rings is 2. The molecule has 0 bridgehead atoms. The van der Waals surface area contributed by atoms with Crippen molar-refractivity contribution in [1.82, 2.24) is 4.90 Å². The number of carbonyl (C=O) groups excluding carboxylic acids is 2. The maximum atomic E-state index is 13.1. The topological polar surface area (TPSA) is 76.8 Å². The third-order valence-electron chi connectivity index (χ3n) is 5.88. The molecule has 1 aliphatic rings. The third kappa shape index (κ3) is 5.09. The monoisotopic (exact) mass is 471 g/mol. The first kappa shape index (κ1) is 23.0. The summed E-state index contributed by atoms with van der Waals surface area (Å²) in [5, 5.41) is 1.16. The van der Waals surface area contributed by atoms with Crippen LogP contribution in [0.2, 0.25) is 5.02 Å². The van der Waals surface area contributed by atoms with E-state index >= 15 is 0 Å². The Morgan fingerprint density at radius 2 is 1.94 bits per heavy atom. The van der Waals surface area contributed by atoms with Gasteiger partial charge in [0.1, 0.15) is 18.0 Å². The Labute approximate surface area is 194 Å². The fourth-order valence-corrected chi connectivity index (χ4v) is 4.37. The zero-order chi connectivity index (χ0) is 23.5. The molecule has 8 heteroatoms. The zero-order valence-electron chi connectivity index (χ0n) is 18.1. The van der Waals surface area contributed by atoms with Gasteiger partial charge in [-0.25, -0.2) is 9.18 Å². The molecule has 33 heavy (non-hydrogen) atoms. The Morgan fingerprint density at radius 3 is 2.67 bits per heavy atom. The van der Waals surface area contributed by atoms with E-state index in [1.165, 1.54) is 30.3 Å². The van der Waals surface area contributed by atoms with Crippen LogP contribution in [0.4, 0.5) is 4.39 Å². The molecule has 1 aromatic heterocycles. The summed E-state index contributed by atoms with van der Waals surface area (Å²) in [6, 6.07) is 10.1. The average Bonchev–Trinajstić information content (AvgIpc) is 2.82. The fraction of sp³-hybridized carbons (Fsp3) is 0.320.